The lowest BCUT2D eigenvalue weighted by Crippen LogP contribution is -2.11. The summed E-state index contributed by atoms with van der Waals surface area (Å²) in [6.45, 7) is 4.07. The maximum Gasteiger partial charge on any atom is 0.419 e. The second-order valence-electron chi connectivity index (χ2n) is 8.64. The maximum absolute atomic E-state index is 13.3. The van der Waals surface area contributed by atoms with E-state index in [-0.39, 0.29) is 6.04 Å². The van der Waals surface area contributed by atoms with Crippen molar-refractivity contribution in [2.75, 3.05) is 5.73 Å². The van der Waals surface area contributed by atoms with Crippen LogP contribution in [0.5, 0.6) is 0 Å². The molecule has 3 aromatic rings. The van der Waals surface area contributed by atoms with Crippen molar-refractivity contribution in [2.45, 2.75) is 50.9 Å². The molecule has 4 atom stereocenters. The van der Waals surface area contributed by atoms with E-state index in [4.69, 9.17) is 5.73 Å². The molecule has 6 nitrogen and oxygen atoms in total. The Labute approximate surface area is 171 Å². The first-order valence-electron chi connectivity index (χ1n) is 10.1. The normalized spacial score (nSPS) is 25.7. The number of nitrogens with two attached hydrogens (primary N) is 1. The fourth-order valence-electron chi connectivity index (χ4n) is 5.03. The summed E-state index contributed by atoms with van der Waals surface area (Å²) >= 11 is 0. The van der Waals surface area contributed by atoms with Gasteiger partial charge in [0.15, 0.2) is 0 Å². The van der Waals surface area contributed by atoms with Crippen molar-refractivity contribution in [2.24, 2.45) is 11.8 Å². The van der Waals surface area contributed by atoms with Crippen molar-refractivity contribution in [1.29, 1.82) is 0 Å². The first-order chi connectivity index (χ1) is 14.2. The number of alkyl halides is 3. The molecule has 0 bridgehead atoms. The number of nitrogens with zero attached hydrogens (tertiary/aromatic N) is 5. The Hall–Kier alpha value is -2.84. The van der Waals surface area contributed by atoms with Gasteiger partial charge in [-0.1, -0.05) is 0 Å². The number of aromatic nitrogens is 5. The number of anilines is 1. The highest BCUT2D eigenvalue weighted by Crippen LogP contribution is 2.66. The third-order valence-electron chi connectivity index (χ3n) is 6.48. The fourth-order valence-corrected chi connectivity index (χ4v) is 5.03. The highest BCUT2D eigenvalue weighted by atomic mass is 19.4. The summed E-state index contributed by atoms with van der Waals surface area (Å²) < 4.78 is 43.9. The van der Waals surface area contributed by atoms with Gasteiger partial charge in [0.25, 0.3) is 0 Å². The second-order valence-corrected chi connectivity index (χ2v) is 8.64. The molecule has 5 rings (SSSR count). The van der Waals surface area contributed by atoms with Gasteiger partial charge in [0.1, 0.15) is 5.82 Å². The average Bonchev–Trinajstić information content (AvgIpc) is 3.20. The number of hydrogen-bond acceptors (Lipinski definition) is 4. The molecule has 1 unspecified atom stereocenters. The van der Waals surface area contributed by atoms with Crippen LogP contribution in [0.3, 0.4) is 0 Å². The van der Waals surface area contributed by atoms with Gasteiger partial charge in [-0.15, -0.1) is 0 Å². The van der Waals surface area contributed by atoms with E-state index < -0.39 is 17.6 Å². The molecular formula is C21H23F3N6. The first kappa shape index (κ1) is 19.1. The van der Waals surface area contributed by atoms with Crippen LogP contribution in [-0.4, -0.2) is 24.3 Å². The minimum atomic E-state index is -4.55. The zero-order valence-corrected chi connectivity index (χ0v) is 16.7. The first-order valence-corrected chi connectivity index (χ1v) is 10.1. The Morgan fingerprint density at radius 2 is 1.90 bits per heavy atom. The number of hydrogen-bond donors (Lipinski definition) is 1. The van der Waals surface area contributed by atoms with Gasteiger partial charge in [-0.05, 0) is 50.7 Å². The molecule has 30 heavy (non-hydrogen) atoms. The molecule has 0 aromatic carbocycles. The topological polar surface area (TPSA) is 74.6 Å². The molecule has 2 N–H and O–H groups in total. The fraction of sp³-hybridized carbons (Fsp3) is 0.476. The molecule has 2 saturated carbocycles. The van der Waals surface area contributed by atoms with E-state index in [2.05, 4.69) is 19.6 Å². The van der Waals surface area contributed by atoms with Gasteiger partial charge in [-0.25, -0.2) is 9.97 Å². The highest BCUT2D eigenvalue weighted by molar-refractivity contribution is 5.63. The molecule has 0 radical (unpaired) electrons. The highest BCUT2D eigenvalue weighted by Gasteiger charge is 2.58. The number of halogens is 3. The van der Waals surface area contributed by atoms with E-state index in [1.807, 2.05) is 37.1 Å². The van der Waals surface area contributed by atoms with Crippen LogP contribution in [0, 0.1) is 11.8 Å². The molecule has 9 heteroatoms. The third kappa shape index (κ3) is 3.07. The van der Waals surface area contributed by atoms with Gasteiger partial charge in [0.05, 0.1) is 17.6 Å². The Morgan fingerprint density at radius 3 is 2.50 bits per heavy atom. The summed E-state index contributed by atoms with van der Waals surface area (Å²) in [6, 6.07) is 3.57. The number of nitrogen functional groups attached to an aromatic ring is 1. The van der Waals surface area contributed by atoms with E-state index >= 15 is 0 Å². The van der Waals surface area contributed by atoms with Crippen LogP contribution in [0.4, 0.5) is 19.0 Å². The van der Waals surface area contributed by atoms with Crippen molar-refractivity contribution in [1.82, 2.24) is 24.3 Å². The Balaban J connectivity index is 1.44. The second kappa shape index (κ2) is 6.58. The van der Waals surface area contributed by atoms with Crippen molar-refractivity contribution in [3.05, 3.63) is 48.3 Å². The van der Waals surface area contributed by atoms with E-state index in [1.165, 1.54) is 6.20 Å². The summed E-state index contributed by atoms with van der Waals surface area (Å²) in [6.07, 6.45) is 4.67. The summed E-state index contributed by atoms with van der Waals surface area (Å²) in [5.41, 5.74) is 6.46. The standard InChI is InChI=1S/C21H23F3N6/c1-11(2)30-18(19-14-6-13(7-15(14)19)29-4-3-26-10-29)8-17(28-30)12-5-16(21(22,23)24)20(25)27-9-12/h3-5,8-11,13-15,19H,6-7H2,1-2H3,(H2,25,27)/t13?,14-,15+,19+. The van der Waals surface area contributed by atoms with E-state index in [0.717, 1.165) is 24.6 Å². The van der Waals surface area contributed by atoms with Gasteiger partial charge in [-0.3, -0.25) is 4.68 Å². The van der Waals surface area contributed by atoms with Crippen LogP contribution in [0.2, 0.25) is 0 Å². The van der Waals surface area contributed by atoms with E-state index in [0.29, 0.717) is 35.1 Å². The Morgan fingerprint density at radius 1 is 1.17 bits per heavy atom. The average molecular weight is 416 g/mol. The van der Waals surface area contributed by atoms with Crippen molar-refractivity contribution < 1.29 is 13.2 Å². The third-order valence-corrected chi connectivity index (χ3v) is 6.48. The van der Waals surface area contributed by atoms with Gasteiger partial charge in [0.2, 0.25) is 0 Å². The molecule has 0 saturated heterocycles. The monoisotopic (exact) mass is 416 g/mol. The SMILES string of the molecule is CC(C)n1nc(-c2cnc(N)c(C(F)(F)F)c2)cc1[C@H]1[C@@H]2CC(n3ccnc3)C[C@@H]21. The van der Waals surface area contributed by atoms with Crippen LogP contribution in [0.25, 0.3) is 11.3 Å². The molecule has 0 amide bonds. The van der Waals surface area contributed by atoms with Crippen LogP contribution in [0.15, 0.2) is 37.1 Å². The van der Waals surface area contributed by atoms with E-state index in [9.17, 15) is 13.2 Å². The molecule has 0 aliphatic heterocycles. The summed E-state index contributed by atoms with van der Waals surface area (Å²) in [4.78, 5) is 7.90. The molecule has 158 valence electrons. The van der Waals surface area contributed by atoms with Crippen molar-refractivity contribution in [3.8, 4) is 11.3 Å². The lowest BCUT2D eigenvalue weighted by Gasteiger charge is -2.17. The summed E-state index contributed by atoms with van der Waals surface area (Å²) in [5, 5.41) is 4.64. The molecule has 2 aliphatic carbocycles. The number of fused-ring (bicyclic) bond motifs is 1. The van der Waals surface area contributed by atoms with Crippen molar-refractivity contribution >= 4 is 5.82 Å². The zero-order chi connectivity index (χ0) is 21.2. The molecule has 3 aromatic heterocycles. The summed E-state index contributed by atoms with van der Waals surface area (Å²) in [7, 11) is 0. The molecule has 0 spiro atoms. The van der Waals surface area contributed by atoms with Crippen LogP contribution >= 0.6 is 0 Å². The minimum absolute atomic E-state index is 0.114. The van der Waals surface area contributed by atoms with Gasteiger partial charge < -0.3 is 10.3 Å². The number of imidazole rings is 1. The largest absolute Gasteiger partial charge is 0.419 e. The van der Waals surface area contributed by atoms with Crippen molar-refractivity contribution in [3.63, 3.8) is 0 Å². The van der Waals surface area contributed by atoms with Gasteiger partial charge in [0, 0.05) is 47.8 Å². The quantitative estimate of drug-likeness (QED) is 0.670. The zero-order valence-electron chi connectivity index (χ0n) is 16.7. The smallest absolute Gasteiger partial charge is 0.383 e. The molecule has 2 fully saturated rings. The van der Waals surface area contributed by atoms with Crippen LogP contribution in [-0.2, 0) is 6.18 Å². The molecule has 2 aliphatic rings. The maximum atomic E-state index is 13.3. The summed E-state index contributed by atoms with van der Waals surface area (Å²) in [5.74, 6) is 1.04. The predicted molar refractivity (Wildman–Crippen MR) is 105 cm³/mol. The predicted octanol–water partition coefficient (Wildman–Crippen LogP) is 4.69. The number of rotatable bonds is 4. The lowest BCUT2D eigenvalue weighted by atomic mass is 10.0. The molecule has 3 heterocycles. The Bertz CT molecular complexity index is 1060. The number of pyridine rings is 1. The lowest BCUT2D eigenvalue weighted by molar-refractivity contribution is -0.137. The molecular weight excluding hydrogens is 393 g/mol. The Kier molecular flexibility index (Phi) is 4.20. The van der Waals surface area contributed by atoms with Crippen LogP contribution in [0.1, 0.15) is 55.9 Å². The van der Waals surface area contributed by atoms with Gasteiger partial charge in [-0.2, -0.15) is 18.3 Å². The minimum Gasteiger partial charge on any atom is -0.383 e. The van der Waals surface area contributed by atoms with Crippen LogP contribution < -0.4 is 5.73 Å². The van der Waals surface area contributed by atoms with E-state index in [1.54, 1.807) is 6.20 Å². The van der Waals surface area contributed by atoms with Gasteiger partial charge >= 0.3 is 6.18 Å².